The minimum atomic E-state index is -0.540. The molecule has 1 aliphatic rings. The summed E-state index contributed by atoms with van der Waals surface area (Å²) >= 11 is 0. The van der Waals surface area contributed by atoms with Gasteiger partial charge in [-0.2, -0.15) is 0 Å². The molecule has 4 heteroatoms. The van der Waals surface area contributed by atoms with Crippen molar-refractivity contribution in [1.82, 2.24) is 4.90 Å². The summed E-state index contributed by atoms with van der Waals surface area (Å²) in [6.45, 7) is 2.62. The molecule has 24 heavy (non-hydrogen) atoms. The fraction of sp³-hybridized carbons (Fsp3) is 0.350. The van der Waals surface area contributed by atoms with Gasteiger partial charge in [0.05, 0.1) is 6.10 Å². The second-order valence-electron chi connectivity index (χ2n) is 6.27. The van der Waals surface area contributed by atoms with Gasteiger partial charge in [0.2, 0.25) is 5.91 Å². The molecule has 0 spiro atoms. The smallest absolute Gasteiger partial charge is 0.246 e. The molecule has 1 N–H and O–H groups in total. The molecule has 2 atom stereocenters. The Hall–Kier alpha value is -2.33. The quantitative estimate of drug-likeness (QED) is 0.853. The molecule has 2 aromatic rings. The number of nitrogens with zero attached hydrogens (tertiary/aromatic N) is 1. The predicted octanol–water partition coefficient (Wildman–Crippen LogP) is 3.72. The van der Waals surface area contributed by atoms with E-state index in [0.717, 1.165) is 30.7 Å². The molecular formula is C20H23NO3. The van der Waals surface area contributed by atoms with Gasteiger partial charge in [0.1, 0.15) is 11.5 Å². The van der Waals surface area contributed by atoms with Crippen LogP contribution in [0.4, 0.5) is 0 Å². The van der Waals surface area contributed by atoms with Crippen molar-refractivity contribution in [3.63, 3.8) is 0 Å². The van der Waals surface area contributed by atoms with E-state index in [0.29, 0.717) is 12.2 Å². The first kappa shape index (κ1) is 16.5. The summed E-state index contributed by atoms with van der Waals surface area (Å²) in [7, 11) is 0. The van der Waals surface area contributed by atoms with Gasteiger partial charge < -0.3 is 14.4 Å². The highest BCUT2D eigenvalue weighted by Crippen LogP contribution is 2.27. The lowest BCUT2D eigenvalue weighted by Gasteiger charge is -2.25. The molecule has 0 saturated carbocycles. The fourth-order valence-corrected chi connectivity index (χ4v) is 3.23. The fourth-order valence-electron chi connectivity index (χ4n) is 3.23. The third-order valence-corrected chi connectivity index (χ3v) is 4.49. The zero-order valence-corrected chi connectivity index (χ0v) is 13.9. The molecule has 0 aliphatic carbocycles. The van der Waals surface area contributed by atoms with E-state index in [1.165, 1.54) is 0 Å². The standard InChI is InChI=1S/C20H23NO3/c1-15-9-10-18(24-15)11-12-20(23)21-13-5-8-17(21)14-19(22)16-6-3-2-4-7-16/h2-4,6-7,9-12,17,19,22H,5,8,13-14H2,1H3. The Bertz CT molecular complexity index is 705. The largest absolute Gasteiger partial charge is 0.462 e. The molecule has 2 heterocycles. The van der Waals surface area contributed by atoms with Gasteiger partial charge >= 0.3 is 0 Å². The second kappa shape index (κ2) is 7.49. The van der Waals surface area contributed by atoms with Crippen molar-refractivity contribution in [3.8, 4) is 0 Å². The van der Waals surface area contributed by atoms with E-state index in [-0.39, 0.29) is 11.9 Å². The van der Waals surface area contributed by atoms with Gasteiger partial charge in [0, 0.05) is 18.7 Å². The van der Waals surface area contributed by atoms with Crippen LogP contribution in [0.15, 0.2) is 53.0 Å². The van der Waals surface area contributed by atoms with Crippen LogP contribution in [-0.4, -0.2) is 28.5 Å². The Morgan fingerprint density at radius 3 is 2.83 bits per heavy atom. The molecule has 1 aliphatic heterocycles. The molecule has 0 bridgehead atoms. The maximum absolute atomic E-state index is 12.5. The number of likely N-dealkylation sites (tertiary alicyclic amines) is 1. The lowest BCUT2D eigenvalue weighted by atomic mass is 10.0. The number of hydrogen-bond acceptors (Lipinski definition) is 3. The van der Waals surface area contributed by atoms with E-state index in [4.69, 9.17) is 4.42 Å². The van der Waals surface area contributed by atoms with E-state index in [1.807, 2.05) is 54.3 Å². The summed E-state index contributed by atoms with van der Waals surface area (Å²) in [6, 6.07) is 13.4. The molecule has 1 aromatic carbocycles. The van der Waals surface area contributed by atoms with E-state index >= 15 is 0 Å². The van der Waals surface area contributed by atoms with Crippen molar-refractivity contribution in [2.75, 3.05) is 6.54 Å². The SMILES string of the molecule is Cc1ccc(C=CC(=O)N2CCCC2CC(O)c2ccccc2)o1. The van der Waals surface area contributed by atoms with Crippen molar-refractivity contribution >= 4 is 12.0 Å². The van der Waals surface area contributed by atoms with Gasteiger partial charge in [-0.25, -0.2) is 0 Å². The molecule has 0 radical (unpaired) electrons. The normalized spacial score (nSPS) is 19.1. The Balaban J connectivity index is 1.62. The topological polar surface area (TPSA) is 53.7 Å². The monoisotopic (exact) mass is 325 g/mol. The summed E-state index contributed by atoms with van der Waals surface area (Å²) in [5, 5.41) is 10.4. The minimum Gasteiger partial charge on any atom is -0.462 e. The van der Waals surface area contributed by atoms with Crippen LogP contribution in [0.25, 0.3) is 6.08 Å². The first-order chi connectivity index (χ1) is 11.6. The summed E-state index contributed by atoms with van der Waals surface area (Å²) in [5.41, 5.74) is 0.901. The third kappa shape index (κ3) is 3.95. The zero-order chi connectivity index (χ0) is 16.9. The van der Waals surface area contributed by atoms with Gasteiger partial charge in [-0.05, 0) is 50.0 Å². The Morgan fingerprint density at radius 2 is 2.12 bits per heavy atom. The highest BCUT2D eigenvalue weighted by atomic mass is 16.3. The lowest BCUT2D eigenvalue weighted by molar-refractivity contribution is -0.127. The summed E-state index contributed by atoms with van der Waals surface area (Å²) < 4.78 is 5.45. The van der Waals surface area contributed by atoms with Gasteiger partial charge in [-0.15, -0.1) is 0 Å². The van der Waals surface area contributed by atoms with Crippen LogP contribution < -0.4 is 0 Å². The maximum Gasteiger partial charge on any atom is 0.246 e. The lowest BCUT2D eigenvalue weighted by Crippen LogP contribution is -2.35. The highest BCUT2D eigenvalue weighted by Gasteiger charge is 2.29. The summed E-state index contributed by atoms with van der Waals surface area (Å²) in [6.07, 6.45) is 5.21. The van der Waals surface area contributed by atoms with Crippen molar-refractivity contribution in [1.29, 1.82) is 0 Å². The Morgan fingerprint density at radius 1 is 1.33 bits per heavy atom. The Labute approximate surface area is 142 Å². The average molecular weight is 325 g/mol. The number of benzene rings is 1. The third-order valence-electron chi connectivity index (χ3n) is 4.49. The Kier molecular flexibility index (Phi) is 5.16. The van der Waals surface area contributed by atoms with Crippen molar-refractivity contribution in [2.45, 2.75) is 38.3 Å². The number of rotatable bonds is 5. The molecule has 1 aromatic heterocycles. The number of amides is 1. The van der Waals surface area contributed by atoms with E-state index in [1.54, 1.807) is 12.2 Å². The van der Waals surface area contributed by atoms with Crippen LogP contribution in [0.5, 0.6) is 0 Å². The van der Waals surface area contributed by atoms with Gasteiger partial charge in [-0.1, -0.05) is 30.3 Å². The second-order valence-corrected chi connectivity index (χ2v) is 6.27. The van der Waals surface area contributed by atoms with E-state index < -0.39 is 6.10 Å². The van der Waals surface area contributed by atoms with Crippen LogP contribution in [0.1, 0.15) is 42.5 Å². The van der Waals surface area contributed by atoms with Crippen molar-refractivity contribution in [3.05, 3.63) is 65.6 Å². The van der Waals surface area contributed by atoms with Crippen LogP contribution in [-0.2, 0) is 4.79 Å². The predicted molar refractivity (Wildman–Crippen MR) is 93.2 cm³/mol. The van der Waals surface area contributed by atoms with Crippen LogP contribution in [0.3, 0.4) is 0 Å². The molecule has 1 fully saturated rings. The number of furan rings is 1. The molecule has 126 valence electrons. The average Bonchev–Trinajstić information content (AvgIpc) is 3.22. The molecule has 1 amide bonds. The van der Waals surface area contributed by atoms with Crippen LogP contribution in [0.2, 0.25) is 0 Å². The van der Waals surface area contributed by atoms with Crippen LogP contribution >= 0.6 is 0 Å². The maximum atomic E-state index is 12.5. The van der Waals surface area contributed by atoms with E-state index in [2.05, 4.69) is 0 Å². The minimum absolute atomic E-state index is 0.0215. The number of carbonyl (C=O) groups is 1. The number of hydrogen-bond donors (Lipinski definition) is 1. The van der Waals surface area contributed by atoms with Crippen LogP contribution in [0, 0.1) is 6.92 Å². The number of carbonyl (C=O) groups excluding carboxylic acids is 1. The molecule has 1 saturated heterocycles. The molecule has 3 rings (SSSR count). The van der Waals surface area contributed by atoms with Gasteiger partial charge in [0.15, 0.2) is 0 Å². The number of aliphatic hydroxyl groups is 1. The van der Waals surface area contributed by atoms with Gasteiger partial charge in [0.25, 0.3) is 0 Å². The zero-order valence-electron chi connectivity index (χ0n) is 13.9. The highest BCUT2D eigenvalue weighted by molar-refractivity contribution is 5.91. The van der Waals surface area contributed by atoms with Crippen molar-refractivity contribution in [2.24, 2.45) is 0 Å². The summed E-state index contributed by atoms with van der Waals surface area (Å²) in [4.78, 5) is 14.3. The number of aryl methyl sites for hydroxylation is 1. The summed E-state index contributed by atoms with van der Waals surface area (Å²) in [5.74, 6) is 1.49. The molecule has 4 nitrogen and oxygen atoms in total. The number of aliphatic hydroxyl groups excluding tert-OH is 1. The molecule has 2 unspecified atom stereocenters. The van der Waals surface area contributed by atoms with E-state index in [9.17, 15) is 9.90 Å². The first-order valence-electron chi connectivity index (χ1n) is 8.41. The van der Waals surface area contributed by atoms with Crippen molar-refractivity contribution < 1.29 is 14.3 Å². The van der Waals surface area contributed by atoms with Gasteiger partial charge in [-0.3, -0.25) is 4.79 Å². The first-order valence-corrected chi connectivity index (χ1v) is 8.41. The molecular weight excluding hydrogens is 302 g/mol.